The standard InChI is InChI=1S/C14H14N4O2/c15-7-3-4-8(16)10-9(7)12(19)6-2-1-5-14(17,18)11(6)13(10)20/h1-4H,5,15-18H2. The maximum Gasteiger partial charge on any atom is 0.196 e. The fourth-order valence-electron chi connectivity index (χ4n) is 2.71. The van der Waals surface area contributed by atoms with Gasteiger partial charge in [-0.15, -0.1) is 0 Å². The van der Waals surface area contributed by atoms with Crippen molar-refractivity contribution in [1.82, 2.24) is 0 Å². The summed E-state index contributed by atoms with van der Waals surface area (Å²) in [6, 6.07) is 3.01. The molecule has 0 bridgehead atoms. The number of nitrogens with two attached hydrogens (primary N) is 4. The van der Waals surface area contributed by atoms with Crippen molar-refractivity contribution in [3.8, 4) is 0 Å². The Morgan fingerprint density at radius 2 is 1.50 bits per heavy atom. The van der Waals surface area contributed by atoms with Gasteiger partial charge in [-0.05, 0) is 12.1 Å². The molecule has 20 heavy (non-hydrogen) atoms. The number of nitrogen functional groups attached to an aromatic ring is 2. The van der Waals surface area contributed by atoms with E-state index in [1.165, 1.54) is 12.1 Å². The van der Waals surface area contributed by atoms with E-state index < -0.39 is 11.4 Å². The Bertz CT molecular complexity index is 729. The molecule has 1 aromatic rings. The molecule has 0 fully saturated rings. The first-order valence-corrected chi connectivity index (χ1v) is 6.11. The first kappa shape index (κ1) is 12.6. The Kier molecular flexibility index (Phi) is 2.38. The smallest absolute Gasteiger partial charge is 0.196 e. The van der Waals surface area contributed by atoms with Gasteiger partial charge in [0.1, 0.15) is 0 Å². The molecule has 6 nitrogen and oxygen atoms in total. The van der Waals surface area contributed by atoms with Crippen molar-refractivity contribution in [1.29, 1.82) is 0 Å². The topological polar surface area (TPSA) is 138 Å². The van der Waals surface area contributed by atoms with Gasteiger partial charge in [0.15, 0.2) is 11.6 Å². The van der Waals surface area contributed by atoms with Crippen LogP contribution in [0.5, 0.6) is 0 Å². The Morgan fingerprint density at radius 3 is 2.10 bits per heavy atom. The summed E-state index contributed by atoms with van der Waals surface area (Å²) in [5.74, 6) is -0.788. The molecule has 0 saturated heterocycles. The SMILES string of the molecule is Nc1ccc(N)c2c1C(=O)C1=C(C2=O)C(N)(N)CC=C1. The molecular formula is C14H14N4O2. The summed E-state index contributed by atoms with van der Waals surface area (Å²) in [5.41, 5.74) is 23.1. The van der Waals surface area contributed by atoms with Gasteiger partial charge < -0.3 is 22.9 Å². The van der Waals surface area contributed by atoms with E-state index in [9.17, 15) is 9.59 Å². The Balaban J connectivity index is 2.37. The highest BCUT2D eigenvalue weighted by atomic mass is 16.1. The molecule has 3 rings (SSSR count). The van der Waals surface area contributed by atoms with E-state index in [0.717, 1.165) is 0 Å². The van der Waals surface area contributed by atoms with Crippen LogP contribution in [0.25, 0.3) is 0 Å². The predicted octanol–water partition coefficient (Wildman–Crippen LogP) is 0.100. The number of hydrogen-bond acceptors (Lipinski definition) is 6. The lowest BCUT2D eigenvalue weighted by molar-refractivity contribution is 0.0964. The maximum absolute atomic E-state index is 12.6. The van der Waals surface area contributed by atoms with E-state index in [0.29, 0.717) is 0 Å². The molecule has 8 N–H and O–H groups in total. The van der Waals surface area contributed by atoms with Crippen LogP contribution in [0.2, 0.25) is 0 Å². The van der Waals surface area contributed by atoms with Crippen molar-refractivity contribution in [3.63, 3.8) is 0 Å². The van der Waals surface area contributed by atoms with Crippen LogP contribution >= 0.6 is 0 Å². The number of hydrogen-bond donors (Lipinski definition) is 4. The molecule has 0 saturated carbocycles. The van der Waals surface area contributed by atoms with Crippen LogP contribution in [0, 0.1) is 0 Å². The zero-order valence-electron chi connectivity index (χ0n) is 10.6. The van der Waals surface area contributed by atoms with Crippen molar-refractivity contribution in [2.24, 2.45) is 11.5 Å². The summed E-state index contributed by atoms with van der Waals surface area (Å²) in [4.78, 5) is 25.2. The van der Waals surface area contributed by atoms with E-state index in [2.05, 4.69) is 0 Å². The molecule has 0 spiro atoms. The van der Waals surface area contributed by atoms with E-state index in [-0.39, 0.29) is 45.9 Å². The van der Waals surface area contributed by atoms with Crippen LogP contribution < -0.4 is 22.9 Å². The van der Waals surface area contributed by atoms with Gasteiger partial charge in [0.25, 0.3) is 0 Å². The Labute approximate surface area is 115 Å². The highest BCUT2D eigenvalue weighted by Crippen LogP contribution is 2.38. The van der Waals surface area contributed by atoms with Crippen LogP contribution in [0.4, 0.5) is 11.4 Å². The maximum atomic E-state index is 12.6. The molecule has 0 amide bonds. The van der Waals surface area contributed by atoms with Crippen molar-refractivity contribution in [2.45, 2.75) is 12.1 Å². The fourth-order valence-corrected chi connectivity index (χ4v) is 2.71. The second-order valence-corrected chi connectivity index (χ2v) is 5.09. The Hall–Kier alpha value is -2.44. The lowest BCUT2D eigenvalue weighted by Gasteiger charge is -2.33. The minimum atomic E-state index is -1.37. The third-order valence-corrected chi connectivity index (χ3v) is 3.67. The second-order valence-electron chi connectivity index (χ2n) is 5.09. The van der Waals surface area contributed by atoms with Crippen molar-refractivity contribution in [2.75, 3.05) is 11.5 Å². The van der Waals surface area contributed by atoms with E-state index >= 15 is 0 Å². The summed E-state index contributed by atoms with van der Waals surface area (Å²) < 4.78 is 0. The van der Waals surface area contributed by atoms with Crippen LogP contribution in [-0.4, -0.2) is 17.2 Å². The molecule has 0 atom stereocenters. The molecule has 0 aromatic heterocycles. The number of carbonyl (C=O) groups is 2. The first-order valence-electron chi connectivity index (χ1n) is 6.11. The molecule has 0 heterocycles. The van der Waals surface area contributed by atoms with Gasteiger partial charge in [0.2, 0.25) is 0 Å². The molecule has 0 radical (unpaired) electrons. The minimum Gasteiger partial charge on any atom is -0.398 e. The van der Waals surface area contributed by atoms with E-state index in [1.54, 1.807) is 12.2 Å². The number of rotatable bonds is 0. The largest absolute Gasteiger partial charge is 0.398 e. The van der Waals surface area contributed by atoms with Gasteiger partial charge >= 0.3 is 0 Å². The number of allylic oxidation sites excluding steroid dienone is 2. The van der Waals surface area contributed by atoms with Crippen LogP contribution in [0.1, 0.15) is 27.1 Å². The van der Waals surface area contributed by atoms with Crippen molar-refractivity contribution >= 4 is 22.9 Å². The molecule has 102 valence electrons. The van der Waals surface area contributed by atoms with Crippen molar-refractivity contribution < 1.29 is 9.59 Å². The average Bonchev–Trinajstić information content (AvgIpc) is 2.37. The van der Waals surface area contributed by atoms with Gasteiger partial charge in [-0.1, -0.05) is 12.2 Å². The molecule has 2 aliphatic carbocycles. The lowest BCUT2D eigenvalue weighted by Crippen LogP contribution is -2.55. The highest BCUT2D eigenvalue weighted by molar-refractivity contribution is 6.32. The minimum absolute atomic E-state index is 0.101. The van der Waals surface area contributed by atoms with Gasteiger partial charge in [-0.2, -0.15) is 0 Å². The molecule has 1 aromatic carbocycles. The number of carbonyl (C=O) groups excluding carboxylic acids is 2. The number of benzene rings is 1. The van der Waals surface area contributed by atoms with E-state index in [1.807, 2.05) is 0 Å². The lowest BCUT2D eigenvalue weighted by atomic mass is 9.74. The van der Waals surface area contributed by atoms with Crippen LogP contribution in [0.15, 0.2) is 35.4 Å². The number of Topliss-reactive ketones (excluding diaryl/α,β-unsaturated/α-hetero) is 2. The monoisotopic (exact) mass is 270 g/mol. The number of fused-ring (bicyclic) bond motifs is 1. The van der Waals surface area contributed by atoms with Gasteiger partial charge in [-0.3, -0.25) is 9.59 Å². The molecule has 2 aliphatic rings. The molecule has 0 aliphatic heterocycles. The van der Waals surface area contributed by atoms with Crippen LogP contribution in [-0.2, 0) is 0 Å². The number of anilines is 2. The summed E-state index contributed by atoms with van der Waals surface area (Å²) in [6.07, 6.45) is 3.53. The third-order valence-electron chi connectivity index (χ3n) is 3.67. The van der Waals surface area contributed by atoms with Crippen molar-refractivity contribution in [3.05, 3.63) is 46.6 Å². The quantitative estimate of drug-likeness (QED) is 0.389. The Morgan fingerprint density at radius 1 is 0.950 bits per heavy atom. The molecular weight excluding hydrogens is 256 g/mol. The van der Waals surface area contributed by atoms with Crippen LogP contribution in [0.3, 0.4) is 0 Å². The normalized spacial score (nSPS) is 19.9. The average molecular weight is 270 g/mol. The van der Waals surface area contributed by atoms with E-state index in [4.69, 9.17) is 22.9 Å². The fraction of sp³-hybridized carbons (Fsp3) is 0.143. The molecule has 6 heteroatoms. The predicted molar refractivity (Wildman–Crippen MR) is 75.8 cm³/mol. The van der Waals surface area contributed by atoms with Gasteiger partial charge in [0.05, 0.1) is 16.8 Å². The van der Waals surface area contributed by atoms with Gasteiger partial charge in [-0.25, -0.2) is 0 Å². The molecule has 0 unspecified atom stereocenters. The second kappa shape index (κ2) is 3.78. The summed E-state index contributed by atoms with van der Waals surface area (Å²) in [7, 11) is 0. The third kappa shape index (κ3) is 1.46. The summed E-state index contributed by atoms with van der Waals surface area (Å²) in [5, 5.41) is 0. The zero-order chi connectivity index (χ0) is 14.7. The summed E-state index contributed by atoms with van der Waals surface area (Å²) in [6.45, 7) is 0. The van der Waals surface area contributed by atoms with Gasteiger partial charge in [0, 0.05) is 28.9 Å². The highest BCUT2D eigenvalue weighted by Gasteiger charge is 2.42. The zero-order valence-corrected chi connectivity index (χ0v) is 10.6. The number of ketones is 2. The summed E-state index contributed by atoms with van der Waals surface area (Å²) >= 11 is 0. The first-order chi connectivity index (χ1) is 9.34.